The topological polar surface area (TPSA) is 63.0 Å². The minimum atomic E-state index is -0.370. The van der Waals surface area contributed by atoms with Gasteiger partial charge in [0.25, 0.3) is 0 Å². The Labute approximate surface area is 138 Å². The molecule has 2 aromatic carbocycles. The predicted octanol–water partition coefficient (Wildman–Crippen LogP) is 3.01. The number of aryl methyl sites for hydroxylation is 1. The summed E-state index contributed by atoms with van der Waals surface area (Å²) in [6.07, 6.45) is 2.10. The van der Waals surface area contributed by atoms with Crippen LogP contribution in [-0.4, -0.2) is 21.1 Å². The molecule has 0 aliphatic carbocycles. The quantitative estimate of drug-likeness (QED) is 0.749. The van der Waals surface area contributed by atoms with E-state index >= 15 is 0 Å². The van der Waals surface area contributed by atoms with Gasteiger partial charge in [0, 0.05) is 11.4 Å². The Kier molecular flexibility index (Phi) is 4.39. The molecule has 1 aromatic heterocycles. The van der Waals surface area contributed by atoms with Gasteiger partial charge in [-0.3, -0.25) is 0 Å². The number of hydrogen-bond acceptors (Lipinski definition) is 3. The normalized spacial score (nSPS) is 11.2. The van der Waals surface area contributed by atoms with Crippen molar-refractivity contribution in [2.45, 2.75) is 13.3 Å². The van der Waals surface area contributed by atoms with Gasteiger partial charge in [-0.25, -0.2) is 9.89 Å². The molecule has 0 bridgehead atoms. The number of H-pyrrole nitrogens is 1. The highest BCUT2D eigenvalue weighted by molar-refractivity contribution is 6.30. The molecule has 0 aliphatic rings. The van der Waals surface area contributed by atoms with Gasteiger partial charge in [-0.1, -0.05) is 53.6 Å². The van der Waals surface area contributed by atoms with Crippen molar-refractivity contribution in [3.8, 4) is 0 Å². The van der Waals surface area contributed by atoms with Gasteiger partial charge < -0.3 is 0 Å². The number of nitrogens with one attached hydrogen (secondary N) is 1. The van der Waals surface area contributed by atoms with Crippen molar-refractivity contribution in [1.82, 2.24) is 14.9 Å². The summed E-state index contributed by atoms with van der Waals surface area (Å²) in [5.41, 5.74) is 2.68. The highest BCUT2D eigenvalue weighted by Gasteiger charge is 2.08. The number of nitrogens with zero attached hydrogens (tertiary/aromatic N) is 3. The van der Waals surface area contributed by atoms with Gasteiger partial charge in [0.2, 0.25) is 0 Å². The molecule has 116 valence electrons. The Morgan fingerprint density at radius 1 is 1.26 bits per heavy atom. The highest BCUT2D eigenvalue weighted by Crippen LogP contribution is 2.13. The first-order valence-corrected chi connectivity index (χ1v) is 7.51. The second-order valence-electron chi connectivity index (χ2n) is 5.22. The summed E-state index contributed by atoms with van der Waals surface area (Å²) in [6.45, 7) is 2.02. The molecule has 0 unspecified atom stereocenters. The van der Waals surface area contributed by atoms with Crippen LogP contribution in [-0.2, 0) is 6.42 Å². The van der Waals surface area contributed by atoms with E-state index in [1.807, 2.05) is 49.4 Å². The molecule has 0 aliphatic heterocycles. The maximum absolute atomic E-state index is 11.9. The molecule has 23 heavy (non-hydrogen) atoms. The first-order chi connectivity index (χ1) is 11.1. The lowest BCUT2D eigenvalue weighted by Gasteiger charge is -2.01. The highest BCUT2D eigenvalue weighted by atomic mass is 35.5. The number of aromatic nitrogens is 3. The lowest BCUT2D eigenvalue weighted by atomic mass is 10.1. The SMILES string of the molecule is Cc1ccc(/C=N/n2c(Cc3cccc(Cl)c3)n[nH]c2=O)cc1. The van der Waals surface area contributed by atoms with Crippen LogP contribution in [0.5, 0.6) is 0 Å². The van der Waals surface area contributed by atoms with Gasteiger partial charge in [0.15, 0.2) is 5.82 Å². The van der Waals surface area contributed by atoms with Gasteiger partial charge in [0.05, 0.1) is 6.21 Å². The van der Waals surface area contributed by atoms with Crippen LogP contribution in [0.4, 0.5) is 0 Å². The second-order valence-corrected chi connectivity index (χ2v) is 5.66. The van der Waals surface area contributed by atoms with Crippen LogP contribution >= 0.6 is 11.6 Å². The molecule has 3 aromatic rings. The van der Waals surface area contributed by atoms with Gasteiger partial charge >= 0.3 is 5.69 Å². The largest absolute Gasteiger partial charge is 0.364 e. The molecule has 1 heterocycles. The molecular weight excluding hydrogens is 312 g/mol. The summed E-state index contributed by atoms with van der Waals surface area (Å²) < 4.78 is 1.26. The van der Waals surface area contributed by atoms with E-state index in [2.05, 4.69) is 15.3 Å². The van der Waals surface area contributed by atoms with Crippen molar-refractivity contribution in [3.63, 3.8) is 0 Å². The maximum Gasteiger partial charge on any atom is 0.364 e. The lowest BCUT2D eigenvalue weighted by Crippen LogP contribution is -2.15. The third kappa shape index (κ3) is 3.76. The fourth-order valence-electron chi connectivity index (χ4n) is 2.16. The molecule has 0 fully saturated rings. The van der Waals surface area contributed by atoms with Crippen LogP contribution in [0.3, 0.4) is 0 Å². The summed E-state index contributed by atoms with van der Waals surface area (Å²) in [6, 6.07) is 15.3. The van der Waals surface area contributed by atoms with Crippen molar-refractivity contribution >= 4 is 17.8 Å². The van der Waals surface area contributed by atoms with E-state index in [0.717, 1.165) is 11.1 Å². The first-order valence-electron chi connectivity index (χ1n) is 7.13. The van der Waals surface area contributed by atoms with E-state index in [1.165, 1.54) is 10.2 Å². The fraction of sp³-hybridized carbons (Fsp3) is 0.118. The minimum absolute atomic E-state index is 0.370. The van der Waals surface area contributed by atoms with Crippen molar-refractivity contribution < 1.29 is 0 Å². The molecule has 0 atom stereocenters. The Balaban J connectivity index is 1.87. The number of benzene rings is 2. The van der Waals surface area contributed by atoms with E-state index < -0.39 is 0 Å². The van der Waals surface area contributed by atoms with Crippen LogP contribution in [0.1, 0.15) is 22.5 Å². The van der Waals surface area contributed by atoms with Crippen LogP contribution in [0.15, 0.2) is 58.4 Å². The zero-order chi connectivity index (χ0) is 16.2. The molecule has 0 saturated carbocycles. The summed E-state index contributed by atoms with van der Waals surface area (Å²) in [4.78, 5) is 11.9. The zero-order valence-electron chi connectivity index (χ0n) is 12.5. The van der Waals surface area contributed by atoms with Crippen molar-refractivity contribution in [1.29, 1.82) is 0 Å². The lowest BCUT2D eigenvalue weighted by molar-refractivity contribution is 0.775. The molecule has 0 spiro atoms. The van der Waals surface area contributed by atoms with E-state index in [9.17, 15) is 4.79 Å². The molecule has 0 saturated heterocycles. The zero-order valence-corrected chi connectivity index (χ0v) is 13.3. The van der Waals surface area contributed by atoms with E-state index in [0.29, 0.717) is 17.3 Å². The number of aromatic amines is 1. The van der Waals surface area contributed by atoms with Crippen LogP contribution in [0.25, 0.3) is 0 Å². The van der Waals surface area contributed by atoms with Crippen molar-refractivity contribution in [2.75, 3.05) is 0 Å². The molecule has 6 heteroatoms. The second kappa shape index (κ2) is 6.62. The standard InChI is InChI=1S/C17H15ClN4O/c1-12-5-7-13(8-6-12)11-19-22-16(20-21-17(22)23)10-14-3-2-4-15(18)9-14/h2-9,11H,10H2,1H3,(H,21,23)/b19-11+. The molecule has 3 rings (SSSR count). The Morgan fingerprint density at radius 3 is 2.78 bits per heavy atom. The summed E-state index contributed by atoms with van der Waals surface area (Å²) in [5, 5.41) is 11.3. The minimum Gasteiger partial charge on any atom is -0.244 e. The monoisotopic (exact) mass is 326 g/mol. The Morgan fingerprint density at radius 2 is 2.04 bits per heavy atom. The summed E-state index contributed by atoms with van der Waals surface area (Å²) in [7, 11) is 0. The number of halogens is 1. The fourth-order valence-corrected chi connectivity index (χ4v) is 2.38. The van der Waals surface area contributed by atoms with E-state index in [-0.39, 0.29) is 5.69 Å². The predicted molar refractivity (Wildman–Crippen MR) is 91.3 cm³/mol. The molecule has 0 radical (unpaired) electrons. The molecule has 0 amide bonds. The first kappa shape index (κ1) is 15.2. The Hall–Kier alpha value is -2.66. The third-order valence-corrected chi connectivity index (χ3v) is 3.60. The smallest absolute Gasteiger partial charge is 0.244 e. The van der Waals surface area contributed by atoms with Crippen molar-refractivity contribution in [3.05, 3.63) is 86.6 Å². The van der Waals surface area contributed by atoms with Gasteiger partial charge in [-0.15, -0.1) is 0 Å². The van der Waals surface area contributed by atoms with E-state index in [1.54, 1.807) is 12.3 Å². The van der Waals surface area contributed by atoms with E-state index in [4.69, 9.17) is 11.6 Å². The van der Waals surface area contributed by atoms with Crippen LogP contribution in [0, 0.1) is 6.92 Å². The summed E-state index contributed by atoms with van der Waals surface area (Å²) in [5.74, 6) is 0.528. The average molecular weight is 327 g/mol. The molecule has 5 nitrogen and oxygen atoms in total. The molecule has 1 N–H and O–H groups in total. The van der Waals surface area contributed by atoms with Gasteiger partial charge in [-0.05, 0) is 30.2 Å². The van der Waals surface area contributed by atoms with Crippen molar-refractivity contribution in [2.24, 2.45) is 5.10 Å². The third-order valence-electron chi connectivity index (χ3n) is 3.37. The Bertz CT molecular complexity index is 893. The maximum atomic E-state index is 11.9. The molecular formula is C17H15ClN4O. The van der Waals surface area contributed by atoms with Gasteiger partial charge in [-0.2, -0.15) is 14.9 Å². The summed E-state index contributed by atoms with van der Waals surface area (Å²) >= 11 is 5.98. The van der Waals surface area contributed by atoms with Crippen LogP contribution < -0.4 is 5.69 Å². The number of rotatable bonds is 4. The van der Waals surface area contributed by atoms with Crippen LogP contribution in [0.2, 0.25) is 5.02 Å². The average Bonchev–Trinajstić information content (AvgIpc) is 2.87. The number of hydrogen-bond donors (Lipinski definition) is 1. The van der Waals surface area contributed by atoms with Gasteiger partial charge in [0.1, 0.15) is 0 Å².